The van der Waals surface area contributed by atoms with Crippen molar-refractivity contribution in [3.63, 3.8) is 0 Å². The zero-order chi connectivity index (χ0) is 11.5. The summed E-state index contributed by atoms with van der Waals surface area (Å²) < 4.78 is 0. The Morgan fingerprint density at radius 1 is 0.688 bits per heavy atom. The Morgan fingerprint density at radius 2 is 1.25 bits per heavy atom. The summed E-state index contributed by atoms with van der Waals surface area (Å²) in [7, 11) is 0. The van der Waals surface area contributed by atoms with Crippen molar-refractivity contribution in [1.29, 1.82) is 0 Å². The molecule has 0 heterocycles. The number of aldehydes is 1. The molecule has 0 aliphatic carbocycles. The lowest BCUT2D eigenvalue weighted by molar-refractivity contribution is -0.104. The monoisotopic (exact) mass is 210 g/mol. The van der Waals surface area contributed by atoms with Crippen LogP contribution in [0, 0.1) is 0 Å². The number of hydrogen-bond acceptors (Lipinski definition) is 1. The first-order valence-corrected chi connectivity index (χ1v) is 5.10. The second-order valence-corrected chi connectivity index (χ2v) is 3.06. The topological polar surface area (TPSA) is 17.1 Å². The van der Waals surface area contributed by atoms with E-state index in [1.165, 1.54) is 11.6 Å². The molecule has 1 aromatic rings. The molecule has 1 nitrogen and oxygen atoms in total. The maximum Gasteiger partial charge on any atom is 0.142 e. The van der Waals surface area contributed by atoms with Gasteiger partial charge in [-0.05, 0) is 11.6 Å². The third-order valence-corrected chi connectivity index (χ3v) is 1.83. The third kappa shape index (κ3) is 5.55. The van der Waals surface area contributed by atoms with Gasteiger partial charge in [-0.1, -0.05) is 72.9 Å². The van der Waals surface area contributed by atoms with Crippen LogP contribution in [0.25, 0.3) is 6.08 Å². The lowest BCUT2D eigenvalue weighted by Gasteiger charge is -1.87. The second kappa shape index (κ2) is 8.18. The molecule has 1 rings (SSSR count). The van der Waals surface area contributed by atoms with Gasteiger partial charge in [0.25, 0.3) is 0 Å². The molecule has 16 heavy (non-hydrogen) atoms. The van der Waals surface area contributed by atoms with Crippen molar-refractivity contribution < 1.29 is 4.79 Å². The molecule has 0 unspecified atom stereocenters. The molecule has 0 aromatic heterocycles. The average Bonchev–Trinajstić information content (AvgIpc) is 2.34. The van der Waals surface area contributed by atoms with Gasteiger partial charge in [0.15, 0.2) is 0 Å². The van der Waals surface area contributed by atoms with Gasteiger partial charge in [-0.2, -0.15) is 0 Å². The van der Waals surface area contributed by atoms with Gasteiger partial charge in [-0.15, -0.1) is 0 Å². The zero-order valence-electron chi connectivity index (χ0n) is 8.99. The van der Waals surface area contributed by atoms with Crippen molar-refractivity contribution in [2.24, 2.45) is 0 Å². The van der Waals surface area contributed by atoms with E-state index in [2.05, 4.69) is 0 Å². The Labute approximate surface area is 96.1 Å². The van der Waals surface area contributed by atoms with E-state index >= 15 is 0 Å². The number of rotatable bonds is 5. The molecule has 80 valence electrons. The summed E-state index contributed by atoms with van der Waals surface area (Å²) in [6.07, 6.45) is 15.4. The summed E-state index contributed by atoms with van der Waals surface area (Å²) in [6.45, 7) is 0. The van der Waals surface area contributed by atoms with Gasteiger partial charge >= 0.3 is 0 Å². The first kappa shape index (κ1) is 11.9. The van der Waals surface area contributed by atoms with Crippen molar-refractivity contribution in [2.45, 2.75) is 0 Å². The van der Waals surface area contributed by atoms with E-state index in [0.717, 1.165) is 6.29 Å². The Kier molecular flexibility index (Phi) is 6.10. The zero-order valence-corrected chi connectivity index (χ0v) is 8.99. The van der Waals surface area contributed by atoms with E-state index in [0.29, 0.717) is 0 Å². The molecule has 0 aliphatic rings. The molecule has 0 N–H and O–H groups in total. The maximum absolute atomic E-state index is 9.95. The van der Waals surface area contributed by atoms with Gasteiger partial charge in [0.05, 0.1) is 0 Å². The Balaban J connectivity index is 2.37. The molecule has 0 fully saturated rings. The van der Waals surface area contributed by atoms with Crippen molar-refractivity contribution >= 4 is 12.4 Å². The summed E-state index contributed by atoms with van der Waals surface area (Å²) in [4.78, 5) is 9.95. The highest BCUT2D eigenvalue weighted by atomic mass is 16.1. The van der Waals surface area contributed by atoms with Crippen LogP contribution >= 0.6 is 0 Å². The predicted molar refractivity (Wildman–Crippen MR) is 69.0 cm³/mol. The lowest BCUT2D eigenvalue weighted by Crippen LogP contribution is -1.66. The van der Waals surface area contributed by atoms with Gasteiger partial charge in [0.2, 0.25) is 0 Å². The Hall–Kier alpha value is -2.15. The minimum absolute atomic E-state index is 0.753. The second-order valence-electron chi connectivity index (χ2n) is 3.06. The van der Waals surface area contributed by atoms with Crippen LogP contribution in [0.3, 0.4) is 0 Å². The van der Waals surface area contributed by atoms with Crippen LogP contribution in [-0.4, -0.2) is 6.29 Å². The molecule has 1 heteroatoms. The van der Waals surface area contributed by atoms with Crippen molar-refractivity contribution in [1.82, 2.24) is 0 Å². The SMILES string of the molecule is O=C/C=C/C=C/C=C/C=C/c1ccccc1. The van der Waals surface area contributed by atoms with E-state index in [9.17, 15) is 4.79 Å². The molecular weight excluding hydrogens is 196 g/mol. The number of hydrogen-bond donors (Lipinski definition) is 0. The largest absolute Gasteiger partial charge is 0.299 e. The van der Waals surface area contributed by atoms with Crippen molar-refractivity contribution in [2.75, 3.05) is 0 Å². The van der Waals surface area contributed by atoms with Crippen LogP contribution in [0.4, 0.5) is 0 Å². The highest BCUT2D eigenvalue weighted by molar-refractivity contribution is 5.65. The summed E-state index contributed by atoms with van der Waals surface area (Å²) in [6, 6.07) is 10.1. The van der Waals surface area contributed by atoms with E-state index in [1.54, 1.807) is 12.2 Å². The normalized spacial score (nSPS) is 12.2. The van der Waals surface area contributed by atoms with Crippen molar-refractivity contribution in [3.05, 3.63) is 78.4 Å². The van der Waals surface area contributed by atoms with Crippen LogP contribution in [0.1, 0.15) is 5.56 Å². The molecule has 0 saturated carbocycles. The molecule has 0 radical (unpaired) electrons. The van der Waals surface area contributed by atoms with Crippen LogP contribution in [0.2, 0.25) is 0 Å². The molecular formula is C15H14O. The fourth-order valence-electron chi connectivity index (χ4n) is 1.10. The lowest BCUT2D eigenvalue weighted by atomic mass is 10.2. The first-order valence-electron chi connectivity index (χ1n) is 5.10. The summed E-state index contributed by atoms with van der Waals surface area (Å²) in [5.41, 5.74) is 1.18. The third-order valence-electron chi connectivity index (χ3n) is 1.83. The summed E-state index contributed by atoms with van der Waals surface area (Å²) in [5.74, 6) is 0. The highest BCUT2D eigenvalue weighted by Gasteiger charge is 1.78. The standard InChI is InChI=1S/C15H14O/c16-14-10-5-3-1-2-4-7-11-15-12-8-6-9-13-15/h1-14H/b3-1+,4-2+,10-5+,11-7+. The molecule has 0 aliphatic heterocycles. The van der Waals surface area contributed by atoms with Crippen LogP contribution in [0.15, 0.2) is 72.9 Å². The van der Waals surface area contributed by atoms with Gasteiger partial charge in [-0.3, -0.25) is 4.79 Å². The average molecular weight is 210 g/mol. The van der Waals surface area contributed by atoms with Crippen LogP contribution < -0.4 is 0 Å². The maximum atomic E-state index is 9.95. The molecule has 0 saturated heterocycles. The summed E-state index contributed by atoms with van der Waals surface area (Å²) >= 11 is 0. The van der Waals surface area contributed by atoms with E-state index in [-0.39, 0.29) is 0 Å². The van der Waals surface area contributed by atoms with E-state index in [1.807, 2.05) is 60.7 Å². The first-order chi connectivity index (χ1) is 7.93. The Bertz CT molecular complexity index is 408. The van der Waals surface area contributed by atoms with Gasteiger partial charge < -0.3 is 0 Å². The van der Waals surface area contributed by atoms with Gasteiger partial charge in [0, 0.05) is 0 Å². The minimum Gasteiger partial charge on any atom is -0.299 e. The molecule has 1 aromatic carbocycles. The fraction of sp³-hybridized carbons (Fsp3) is 0. The molecule has 0 atom stereocenters. The van der Waals surface area contributed by atoms with E-state index < -0.39 is 0 Å². The Morgan fingerprint density at radius 3 is 1.88 bits per heavy atom. The van der Waals surface area contributed by atoms with Gasteiger partial charge in [-0.25, -0.2) is 0 Å². The molecule has 0 bridgehead atoms. The number of carbonyl (C=O) groups excluding carboxylic acids is 1. The van der Waals surface area contributed by atoms with Crippen LogP contribution in [-0.2, 0) is 4.79 Å². The van der Waals surface area contributed by atoms with Crippen LogP contribution in [0.5, 0.6) is 0 Å². The van der Waals surface area contributed by atoms with Crippen molar-refractivity contribution in [3.8, 4) is 0 Å². The molecule has 0 amide bonds. The highest BCUT2D eigenvalue weighted by Crippen LogP contribution is 2.00. The minimum atomic E-state index is 0.753. The van der Waals surface area contributed by atoms with Gasteiger partial charge in [0.1, 0.15) is 6.29 Å². The smallest absolute Gasteiger partial charge is 0.142 e. The number of allylic oxidation sites excluding steroid dienone is 7. The summed E-state index contributed by atoms with van der Waals surface area (Å²) in [5, 5.41) is 0. The predicted octanol–water partition coefficient (Wildman–Crippen LogP) is 3.57. The van der Waals surface area contributed by atoms with E-state index in [4.69, 9.17) is 0 Å². The number of carbonyl (C=O) groups is 1. The quantitative estimate of drug-likeness (QED) is 0.412. The number of benzene rings is 1. The molecule has 0 spiro atoms. The fourth-order valence-corrected chi connectivity index (χ4v) is 1.10.